The van der Waals surface area contributed by atoms with Gasteiger partial charge < -0.3 is 14.4 Å². The van der Waals surface area contributed by atoms with Crippen molar-refractivity contribution in [3.63, 3.8) is 0 Å². The topological polar surface area (TPSA) is 42.0 Å². The fraction of sp³-hybridized carbons (Fsp3) is 0.824. The van der Waals surface area contributed by atoms with Crippen molar-refractivity contribution in [3.8, 4) is 0 Å². The molecule has 0 fully saturated rings. The van der Waals surface area contributed by atoms with Crippen molar-refractivity contribution in [2.75, 3.05) is 53.0 Å². The first-order valence-corrected chi connectivity index (χ1v) is 24.2. The van der Waals surface area contributed by atoms with Gasteiger partial charge in [-0.15, -0.1) is 0 Å². The molecule has 0 saturated heterocycles. The molecule has 0 unspecified atom stereocenters. The molecule has 0 aliphatic heterocycles. The second kappa shape index (κ2) is 44.4. The van der Waals surface area contributed by atoms with Gasteiger partial charge in [-0.05, 0) is 117 Å². The quantitative estimate of drug-likeness (QED) is 0.0350. The largest absolute Gasteiger partial charge is 0.463 e. The summed E-state index contributed by atoms with van der Waals surface area (Å²) in [6, 6.07) is 0.540. The Hall–Kier alpha value is -1.69. The Labute approximate surface area is 350 Å². The minimum atomic E-state index is -0.220. The molecule has 0 aliphatic carbocycles. The number of allylic oxidation sites excluding steroid dienone is 8. The highest BCUT2D eigenvalue weighted by Crippen LogP contribution is 2.20. The van der Waals surface area contributed by atoms with Crippen LogP contribution in [0.2, 0.25) is 0 Å². The van der Waals surface area contributed by atoms with Crippen LogP contribution in [-0.2, 0) is 14.3 Å². The van der Waals surface area contributed by atoms with Gasteiger partial charge in [0, 0.05) is 25.7 Å². The third kappa shape index (κ3) is 40.5. The van der Waals surface area contributed by atoms with E-state index in [4.69, 9.17) is 9.47 Å². The van der Waals surface area contributed by atoms with Crippen LogP contribution in [0.3, 0.4) is 0 Å². The molecule has 0 aliphatic rings. The Bertz CT molecular complexity index is 878. The Morgan fingerprint density at radius 3 is 1.41 bits per heavy atom. The molecule has 0 spiro atoms. The average Bonchev–Trinajstić information content (AvgIpc) is 3.19. The normalized spacial score (nSPS) is 12.5. The van der Waals surface area contributed by atoms with Crippen molar-refractivity contribution in [1.82, 2.24) is 9.80 Å². The van der Waals surface area contributed by atoms with E-state index in [-0.39, 0.29) is 12.6 Å². The minimum Gasteiger partial charge on any atom is -0.463 e. The van der Waals surface area contributed by atoms with E-state index in [9.17, 15) is 4.79 Å². The number of hydrogen-bond acceptors (Lipinski definition) is 5. The molecule has 0 rings (SSSR count). The summed E-state index contributed by atoms with van der Waals surface area (Å²) in [7, 11) is 2.17. The third-order valence-electron chi connectivity index (χ3n) is 11.1. The third-order valence-corrected chi connectivity index (χ3v) is 11.1. The summed E-state index contributed by atoms with van der Waals surface area (Å²) in [6.45, 7) is 16.2. The first-order chi connectivity index (χ1) is 27.4. The number of nitrogens with zero attached hydrogens (tertiary/aromatic N) is 2. The first-order valence-electron chi connectivity index (χ1n) is 24.2. The molecular formula is C51H96N2O3. The Morgan fingerprint density at radius 1 is 0.518 bits per heavy atom. The number of hydrogen-bond donors (Lipinski definition) is 0. The van der Waals surface area contributed by atoms with E-state index in [1.165, 1.54) is 154 Å². The smallest absolute Gasteiger partial charge is 0.332 e. The lowest BCUT2D eigenvalue weighted by Gasteiger charge is -2.27. The molecular weight excluding hydrogens is 689 g/mol. The number of ether oxygens (including phenoxy) is 2. The summed E-state index contributed by atoms with van der Waals surface area (Å²) >= 11 is 0. The highest BCUT2D eigenvalue weighted by Gasteiger charge is 2.13. The fourth-order valence-electron chi connectivity index (χ4n) is 7.00. The summed E-state index contributed by atoms with van der Waals surface area (Å²) < 4.78 is 11.6. The zero-order valence-corrected chi connectivity index (χ0v) is 38.4. The molecule has 328 valence electrons. The molecule has 0 N–H and O–H groups in total. The molecule has 0 heterocycles. The molecule has 0 bridgehead atoms. The Morgan fingerprint density at radius 2 is 0.964 bits per heavy atom. The van der Waals surface area contributed by atoms with Crippen LogP contribution in [0.25, 0.3) is 0 Å². The van der Waals surface area contributed by atoms with Gasteiger partial charge in [-0.1, -0.05) is 159 Å². The summed E-state index contributed by atoms with van der Waals surface area (Å²) in [6.07, 6.45) is 53.1. The van der Waals surface area contributed by atoms with Crippen molar-refractivity contribution in [2.45, 2.75) is 214 Å². The van der Waals surface area contributed by atoms with E-state index in [2.05, 4.69) is 100 Å². The summed E-state index contributed by atoms with van der Waals surface area (Å²) in [5.74, 6) is 0.319. The lowest BCUT2D eigenvalue weighted by atomic mass is 9.94. The molecule has 56 heavy (non-hydrogen) atoms. The average molecular weight is 785 g/mol. The van der Waals surface area contributed by atoms with Gasteiger partial charge in [-0.2, -0.15) is 0 Å². The van der Waals surface area contributed by atoms with Crippen LogP contribution in [0.5, 0.6) is 0 Å². The maximum absolute atomic E-state index is 12.6. The monoisotopic (exact) mass is 785 g/mol. The number of unbranched alkanes of at least 4 members (excludes halogenated alkanes) is 18. The molecule has 0 atom stereocenters. The number of esters is 1. The van der Waals surface area contributed by atoms with Gasteiger partial charge in [-0.3, -0.25) is 4.90 Å². The SMILES string of the molecule is CCCCC/C=C\C/C=C\CCCCCCCCC(CCCCCCCC/C=C\C/C=C\CCCCC)COCC(=O)OCCN(CCC)CCN(C)C(C)C. The zero-order chi connectivity index (χ0) is 41.0. The Balaban J connectivity index is 4.40. The predicted octanol–water partition coefficient (Wildman–Crippen LogP) is 14.6. The van der Waals surface area contributed by atoms with Crippen molar-refractivity contribution in [2.24, 2.45) is 5.92 Å². The molecule has 0 aromatic rings. The summed E-state index contributed by atoms with van der Waals surface area (Å²) in [5.41, 5.74) is 0. The van der Waals surface area contributed by atoms with Gasteiger partial charge >= 0.3 is 5.97 Å². The van der Waals surface area contributed by atoms with Crippen molar-refractivity contribution < 1.29 is 14.3 Å². The molecule has 0 saturated carbocycles. The van der Waals surface area contributed by atoms with Crippen LogP contribution < -0.4 is 0 Å². The van der Waals surface area contributed by atoms with E-state index in [0.29, 0.717) is 25.2 Å². The van der Waals surface area contributed by atoms with Crippen LogP contribution in [0.15, 0.2) is 48.6 Å². The lowest BCUT2D eigenvalue weighted by Crippen LogP contribution is -2.38. The highest BCUT2D eigenvalue weighted by molar-refractivity contribution is 5.70. The first kappa shape index (κ1) is 54.3. The highest BCUT2D eigenvalue weighted by atomic mass is 16.6. The van der Waals surface area contributed by atoms with Crippen molar-refractivity contribution in [1.29, 1.82) is 0 Å². The van der Waals surface area contributed by atoms with Crippen molar-refractivity contribution >= 4 is 5.97 Å². The van der Waals surface area contributed by atoms with Crippen LogP contribution in [0.1, 0.15) is 208 Å². The molecule has 0 aromatic carbocycles. The molecule has 0 radical (unpaired) electrons. The fourth-order valence-corrected chi connectivity index (χ4v) is 7.00. The van der Waals surface area contributed by atoms with E-state index in [1.807, 2.05) is 0 Å². The van der Waals surface area contributed by atoms with Gasteiger partial charge in [0.15, 0.2) is 0 Å². The number of carbonyl (C=O) groups is 1. The van der Waals surface area contributed by atoms with Gasteiger partial charge in [0.05, 0.1) is 6.61 Å². The number of likely N-dealkylation sites (N-methyl/N-ethyl adjacent to an activating group) is 1. The van der Waals surface area contributed by atoms with Gasteiger partial charge in [0.1, 0.15) is 13.2 Å². The van der Waals surface area contributed by atoms with Gasteiger partial charge in [0.25, 0.3) is 0 Å². The minimum absolute atomic E-state index is 0.0771. The summed E-state index contributed by atoms with van der Waals surface area (Å²) in [4.78, 5) is 17.3. The van der Waals surface area contributed by atoms with E-state index >= 15 is 0 Å². The standard InChI is InChI=1S/C51H96N2O3/c1-7-10-12-14-16-18-20-22-24-26-28-30-32-34-36-38-40-50(41-39-37-35-33-31-29-27-25-23-21-19-17-15-13-11-8-2)47-55-48-51(54)56-46-45-53(42-9-3)44-43-52(6)49(4)5/h16-19,22-25,49-50H,7-15,20-21,26-48H2,1-6H3/b18-16-,19-17-,24-22-,25-23-. The Kier molecular flexibility index (Phi) is 43.1. The molecule has 5 heteroatoms. The maximum atomic E-state index is 12.6. The van der Waals surface area contributed by atoms with Crippen LogP contribution >= 0.6 is 0 Å². The van der Waals surface area contributed by atoms with Crippen molar-refractivity contribution in [3.05, 3.63) is 48.6 Å². The van der Waals surface area contributed by atoms with Crippen LogP contribution in [0.4, 0.5) is 0 Å². The second-order valence-corrected chi connectivity index (χ2v) is 16.8. The predicted molar refractivity (Wildman–Crippen MR) is 248 cm³/mol. The lowest BCUT2D eigenvalue weighted by molar-refractivity contribution is -0.149. The number of carbonyl (C=O) groups excluding carboxylic acids is 1. The van der Waals surface area contributed by atoms with Crippen LogP contribution in [-0.4, -0.2) is 74.9 Å². The van der Waals surface area contributed by atoms with Crippen LogP contribution in [0, 0.1) is 5.92 Å². The zero-order valence-electron chi connectivity index (χ0n) is 38.4. The summed E-state index contributed by atoms with van der Waals surface area (Å²) in [5, 5.41) is 0. The second-order valence-electron chi connectivity index (χ2n) is 16.8. The van der Waals surface area contributed by atoms with E-state index in [0.717, 1.165) is 45.4 Å². The maximum Gasteiger partial charge on any atom is 0.332 e. The molecule has 0 aromatic heterocycles. The molecule has 0 amide bonds. The van der Waals surface area contributed by atoms with Gasteiger partial charge in [0.2, 0.25) is 0 Å². The van der Waals surface area contributed by atoms with E-state index in [1.54, 1.807) is 0 Å². The van der Waals surface area contributed by atoms with E-state index < -0.39 is 0 Å². The molecule has 5 nitrogen and oxygen atoms in total. The van der Waals surface area contributed by atoms with Gasteiger partial charge in [-0.25, -0.2) is 4.79 Å². The number of rotatable bonds is 43.